The Kier molecular flexibility index (Phi) is 16.7. The summed E-state index contributed by atoms with van der Waals surface area (Å²) in [6.07, 6.45) is 22.1. The molecule has 3 heteroatoms. The Morgan fingerprint density at radius 1 is 0.586 bits per heavy atom. The molecule has 0 aliphatic rings. The number of anilines is 2. The van der Waals surface area contributed by atoms with Crippen LogP contribution in [0.5, 0.6) is 0 Å². The van der Waals surface area contributed by atoms with Crippen LogP contribution >= 0.6 is 0 Å². The van der Waals surface area contributed by atoms with E-state index in [4.69, 9.17) is 5.84 Å². The standard InChI is InChI=1S/C26H49N3/c1-3-5-7-9-11-13-15-17-23-29(26-21-19-25(28-27)20-22-26)24-18-16-14-12-10-8-6-4-2/h19-22,28H,3-18,23-24,27H2,1-2H3. The zero-order chi connectivity index (χ0) is 21.0. The number of hydrogen-bond acceptors (Lipinski definition) is 3. The van der Waals surface area contributed by atoms with Crippen LogP contribution in [0.2, 0.25) is 0 Å². The molecule has 0 radical (unpaired) electrons. The van der Waals surface area contributed by atoms with Crippen LogP contribution in [0.15, 0.2) is 24.3 Å². The van der Waals surface area contributed by atoms with Gasteiger partial charge in [0.1, 0.15) is 0 Å². The molecule has 29 heavy (non-hydrogen) atoms. The Labute approximate surface area is 181 Å². The third kappa shape index (κ3) is 13.6. The van der Waals surface area contributed by atoms with Crippen molar-refractivity contribution >= 4 is 11.4 Å². The first-order chi connectivity index (χ1) is 14.3. The molecule has 0 aromatic heterocycles. The van der Waals surface area contributed by atoms with E-state index >= 15 is 0 Å². The van der Waals surface area contributed by atoms with Crippen molar-refractivity contribution < 1.29 is 0 Å². The van der Waals surface area contributed by atoms with Gasteiger partial charge in [-0.2, -0.15) is 0 Å². The highest BCUT2D eigenvalue weighted by molar-refractivity contribution is 5.54. The highest BCUT2D eigenvalue weighted by atomic mass is 15.2. The molecule has 1 rings (SSSR count). The summed E-state index contributed by atoms with van der Waals surface area (Å²) in [5, 5.41) is 0. The summed E-state index contributed by atoms with van der Waals surface area (Å²) in [7, 11) is 0. The fraction of sp³-hybridized carbons (Fsp3) is 0.769. The SMILES string of the molecule is CCCCCCCCCCN(CCCCCCCCCC)c1ccc(NN)cc1. The maximum absolute atomic E-state index is 5.53. The van der Waals surface area contributed by atoms with Gasteiger partial charge in [-0.05, 0) is 37.1 Å². The molecule has 1 aromatic rings. The first-order valence-corrected chi connectivity index (χ1v) is 12.6. The molecule has 0 fully saturated rings. The van der Waals surface area contributed by atoms with Gasteiger partial charge in [0.2, 0.25) is 0 Å². The first kappa shape index (κ1) is 25.8. The number of nitrogens with two attached hydrogens (primary N) is 1. The summed E-state index contributed by atoms with van der Waals surface area (Å²) in [6.45, 7) is 6.94. The minimum absolute atomic E-state index is 0.979. The van der Waals surface area contributed by atoms with Crippen molar-refractivity contribution in [1.29, 1.82) is 0 Å². The molecule has 0 aliphatic carbocycles. The molecular formula is C26H49N3. The zero-order valence-electron chi connectivity index (χ0n) is 19.6. The Bertz CT molecular complexity index is 438. The van der Waals surface area contributed by atoms with Gasteiger partial charge in [0.15, 0.2) is 0 Å². The number of benzene rings is 1. The summed E-state index contributed by atoms with van der Waals surface area (Å²) in [5.41, 5.74) is 5.06. The first-order valence-electron chi connectivity index (χ1n) is 12.6. The lowest BCUT2D eigenvalue weighted by atomic mass is 10.1. The monoisotopic (exact) mass is 403 g/mol. The summed E-state index contributed by atoms with van der Waals surface area (Å²) in [4.78, 5) is 2.59. The number of rotatable bonds is 20. The van der Waals surface area contributed by atoms with Crippen molar-refractivity contribution in [2.45, 2.75) is 117 Å². The predicted octanol–water partition coefficient (Wildman–Crippen LogP) is 8.06. The minimum Gasteiger partial charge on any atom is -0.372 e. The van der Waals surface area contributed by atoms with E-state index in [0.29, 0.717) is 0 Å². The van der Waals surface area contributed by atoms with Gasteiger partial charge in [-0.15, -0.1) is 0 Å². The van der Waals surface area contributed by atoms with E-state index < -0.39 is 0 Å². The topological polar surface area (TPSA) is 41.3 Å². The van der Waals surface area contributed by atoms with Crippen molar-refractivity contribution in [3.63, 3.8) is 0 Å². The fourth-order valence-corrected chi connectivity index (χ4v) is 4.01. The van der Waals surface area contributed by atoms with Crippen molar-refractivity contribution in [2.24, 2.45) is 5.84 Å². The van der Waals surface area contributed by atoms with Gasteiger partial charge in [0.25, 0.3) is 0 Å². The molecule has 3 N–H and O–H groups in total. The Morgan fingerprint density at radius 2 is 0.966 bits per heavy atom. The van der Waals surface area contributed by atoms with E-state index in [2.05, 4.69) is 48.4 Å². The van der Waals surface area contributed by atoms with Crippen molar-refractivity contribution in [3.8, 4) is 0 Å². The molecule has 168 valence electrons. The fourth-order valence-electron chi connectivity index (χ4n) is 4.01. The molecule has 0 saturated carbocycles. The lowest BCUT2D eigenvalue weighted by molar-refractivity contribution is 0.555. The molecule has 1 aromatic carbocycles. The number of hydrogen-bond donors (Lipinski definition) is 2. The molecular weight excluding hydrogens is 354 g/mol. The number of nitrogens with one attached hydrogen (secondary N) is 1. The number of nitrogen functional groups attached to an aromatic ring is 1. The molecule has 3 nitrogen and oxygen atoms in total. The number of unbranched alkanes of at least 4 members (excludes halogenated alkanes) is 14. The zero-order valence-corrected chi connectivity index (χ0v) is 19.6. The largest absolute Gasteiger partial charge is 0.372 e. The van der Waals surface area contributed by atoms with E-state index in [1.165, 1.54) is 122 Å². The Hall–Kier alpha value is -1.22. The second kappa shape index (κ2) is 18.8. The van der Waals surface area contributed by atoms with Gasteiger partial charge >= 0.3 is 0 Å². The summed E-state index contributed by atoms with van der Waals surface area (Å²) < 4.78 is 0. The maximum Gasteiger partial charge on any atom is 0.0486 e. The van der Waals surface area contributed by atoms with Gasteiger partial charge in [-0.1, -0.05) is 104 Å². The van der Waals surface area contributed by atoms with Crippen LogP contribution in [-0.4, -0.2) is 13.1 Å². The van der Waals surface area contributed by atoms with Crippen LogP contribution in [0, 0.1) is 0 Å². The van der Waals surface area contributed by atoms with Crippen LogP contribution in [0.3, 0.4) is 0 Å². The van der Waals surface area contributed by atoms with Gasteiger partial charge in [-0.25, -0.2) is 0 Å². The second-order valence-corrected chi connectivity index (χ2v) is 8.63. The van der Waals surface area contributed by atoms with E-state index in [1.807, 2.05) is 0 Å². The predicted molar refractivity (Wildman–Crippen MR) is 132 cm³/mol. The van der Waals surface area contributed by atoms with Crippen LogP contribution < -0.4 is 16.2 Å². The van der Waals surface area contributed by atoms with E-state index in [9.17, 15) is 0 Å². The van der Waals surface area contributed by atoms with Gasteiger partial charge < -0.3 is 10.3 Å². The normalized spacial score (nSPS) is 11.0. The van der Waals surface area contributed by atoms with Gasteiger partial charge in [-0.3, -0.25) is 5.84 Å². The summed E-state index contributed by atoms with van der Waals surface area (Å²) in [6, 6.07) is 8.60. The third-order valence-electron chi connectivity index (χ3n) is 5.96. The molecule has 0 saturated heterocycles. The summed E-state index contributed by atoms with van der Waals surface area (Å²) in [5.74, 6) is 5.53. The van der Waals surface area contributed by atoms with Gasteiger partial charge in [0, 0.05) is 24.5 Å². The van der Waals surface area contributed by atoms with Crippen molar-refractivity contribution in [3.05, 3.63) is 24.3 Å². The van der Waals surface area contributed by atoms with E-state index in [-0.39, 0.29) is 0 Å². The van der Waals surface area contributed by atoms with Crippen molar-refractivity contribution in [1.82, 2.24) is 0 Å². The smallest absolute Gasteiger partial charge is 0.0486 e. The highest BCUT2D eigenvalue weighted by Gasteiger charge is 2.06. The third-order valence-corrected chi connectivity index (χ3v) is 5.96. The minimum atomic E-state index is 0.979. The lowest BCUT2D eigenvalue weighted by Crippen LogP contribution is -2.25. The lowest BCUT2D eigenvalue weighted by Gasteiger charge is -2.25. The number of hydrazine groups is 1. The highest BCUT2D eigenvalue weighted by Crippen LogP contribution is 2.20. The summed E-state index contributed by atoms with van der Waals surface area (Å²) >= 11 is 0. The molecule has 0 unspecified atom stereocenters. The Balaban J connectivity index is 2.30. The molecule has 0 amide bonds. The quantitative estimate of drug-likeness (QED) is 0.131. The van der Waals surface area contributed by atoms with Crippen LogP contribution in [-0.2, 0) is 0 Å². The molecule has 0 spiro atoms. The Morgan fingerprint density at radius 3 is 1.34 bits per heavy atom. The van der Waals surface area contributed by atoms with E-state index in [1.54, 1.807) is 0 Å². The molecule has 0 heterocycles. The maximum atomic E-state index is 5.53. The average molecular weight is 404 g/mol. The number of nitrogens with zero attached hydrogens (tertiary/aromatic N) is 1. The molecule has 0 atom stereocenters. The van der Waals surface area contributed by atoms with Crippen LogP contribution in [0.1, 0.15) is 117 Å². The van der Waals surface area contributed by atoms with Crippen molar-refractivity contribution in [2.75, 3.05) is 23.4 Å². The molecule has 0 aliphatic heterocycles. The van der Waals surface area contributed by atoms with E-state index in [0.717, 1.165) is 5.69 Å². The second-order valence-electron chi connectivity index (χ2n) is 8.63. The average Bonchev–Trinajstić information content (AvgIpc) is 2.76. The van der Waals surface area contributed by atoms with Gasteiger partial charge in [0.05, 0.1) is 0 Å². The molecule has 0 bridgehead atoms. The van der Waals surface area contributed by atoms with Crippen LogP contribution in [0.4, 0.5) is 11.4 Å². The van der Waals surface area contributed by atoms with Crippen LogP contribution in [0.25, 0.3) is 0 Å².